The van der Waals surface area contributed by atoms with Crippen molar-refractivity contribution in [1.82, 2.24) is 4.98 Å². The monoisotopic (exact) mass is 219 g/mol. The second kappa shape index (κ2) is 4.51. The van der Waals surface area contributed by atoms with E-state index in [-0.39, 0.29) is 12.0 Å². The van der Waals surface area contributed by atoms with Gasteiger partial charge in [-0.15, -0.1) is 0 Å². The van der Waals surface area contributed by atoms with E-state index >= 15 is 0 Å². The Balaban J connectivity index is 2.91. The number of hydrogen-bond acceptors (Lipinski definition) is 2. The highest BCUT2D eigenvalue weighted by Gasteiger charge is 2.16. The Morgan fingerprint density at radius 2 is 1.73 bits per heavy atom. The van der Waals surface area contributed by atoms with E-state index in [9.17, 15) is 13.2 Å². The molecule has 0 aliphatic carbocycles. The lowest BCUT2D eigenvalue weighted by Gasteiger charge is -2.17. The molecule has 84 valence electrons. The molecule has 0 amide bonds. The maximum absolute atomic E-state index is 13.1. The van der Waals surface area contributed by atoms with Crippen molar-refractivity contribution in [3.63, 3.8) is 0 Å². The number of halogens is 3. The van der Waals surface area contributed by atoms with E-state index in [1.807, 2.05) is 13.8 Å². The molecule has 1 aromatic rings. The first kappa shape index (κ1) is 11.8. The average molecular weight is 219 g/mol. The highest BCUT2D eigenvalue weighted by atomic mass is 19.2. The molecule has 2 nitrogen and oxygen atoms in total. The molecule has 0 aliphatic rings. The molecule has 15 heavy (non-hydrogen) atoms. The predicted molar refractivity (Wildman–Crippen MR) is 49.0 cm³/mol. The maximum atomic E-state index is 13.1. The van der Waals surface area contributed by atoms with Gasteiger partial charge >= 0.3 is 0 Å². The van der Waals surface area contributed by atoms with Gasteiger partial charge in [-0.2, -0.15) is 9.37 Å². The molecular weight excluding hydrogens is 207 g/mol. The summed E-state index contributed by atoms with van der Waals surface area (Å²) < 4.78 is 43.3. The lowest BCUT2D eigenvalue weighted by molar-refractivity contribution is 0.153. The van der Waals surface area contributed by atoms with Crippen LogP contribution in [0.1, 0.15) is 20.8 Å². The van der Waals surface area contributed by atoms with Crippen LogP contribution in [-0.4, -0.2) is 11.1 Å². The third-order valence-electron chi connectivity index (χ3n) is 2.09. The molecular formula is C10H12F3NO. The van der Waals surface area contributed by atoms with Gasteiger partial charge in [-0.1, -0.05) is 13.8 Å². The van der Waals surface area contributed by atoms with Gasteiger partial charge in [0.05, 0.1) is 0 Å². The van der Waals surface area contributed by atoms with E-state index in [1.54, 1.807) is 6.92 Å². The van der Waals surface area contributed by atoms with Gasteiger partial charge < -0.3 is 4.74 Å². The molecule has 0 bridgehead atoms. The smallest absolute Gasteiger partial charge is 0.253 e. The Bertz CT molecular complexity index is 355. The third-order valence-corrected chi connectivity index (χ3v) is 2.09. The van der Waals surface area contributed by atoms with Crippen molar-refractivity contribution in [2.75, 3.05) is 0 Å². The van der Waals surface area contributed by atoms with Crippen molar-refractivity contribution in [2.45, 2.75) is 26.9 Å². The molecule has 0 saturated heterocycles. The van der Waals surface area contributed by atoms with Crippen molar-refractivity contribution in [3.8, 4) is 5.88 Å². The first-order valence-corrected chi connectivity index (χ1v) is 4.60. The first-order chi connectivity index (χ1) is 6.91. The number of nitrogens with zero attached hydrogens (tertiary/aromatic N) is 1. The van der Waals surface area contributed by atoms with Crippen molar-refractivity contribution in [2.24, 2.45) is 5.92 Å². The van der Waals surface area contributed by atoms with E-state index in [0.29, 0.717) is 6.07 Å². The van der Waals surface area contributed by atoms with Gasteiger partial charge in [0.2, 0.25) is 0 Å². The Kier molecular flexibility index (Phi) is 3.55. The Morgan fingerprint density at radius 1 is 1.13 bits per heavy atom. The van der Waals surface area contributed by atoms with Gasteiger partial charge in [-0.3, -0.25) is 0 Å². The van der Waals surface area contributed by atoms with Crippen molar-refractivity contribution in [3.05, 3.63) is 23.6 Å². The number of ether oxygens (including phenoxy) is 1. The summed E-state index contributed by atoms with van der Waals surface area (Å²) in [4.78, 5) is 3.06. The summed E-state index contributed by atoms with van der Waals surface area (Å²) >= 11 is 0. The van der Waals surface area contributed by atoms with Crippen molar-refractivity contribution >= 4 is 0 Å². The summed E-state index contributed by atoms with van der Waals surface area (Å²) in [5, 5.41) is 0. The summed E-state index contributed by atoms with van der Waals surface area (Å²) in [6.07, 6.45) is -0.322. The van der Waals surface area contributed by atoms with Crippen LogP contribution < -0.4 is 4.74 Å². The van der Waals surface area contributed by atoms with Crippen LogP contribution in [0.4, 0.5) is 13.2 Å². The summed E-state index contributed by atoms with van der Waals surface area (Å²) in [6, 6.07) is 0.421. The van der Waals surface area contributed by atoms with Crippen LogP contribution in [-0.2, 0) is 0 Å². The Morgan fingerprint density at radius 3 is 2.27 bits per heavy atom. The molecule has 1 rings (SSSR count). The van der Waals surface area contributed by atoms with Crippen LogP contribution in [0, 0.1) is 23.5 Å². The number of aromatic nitrogens is 1. The van der Waals surface area contributed by atoms with E-state index in [1.165, 1.54) is 0 Å². The van der Waals surface area contributed by atoms with Gasteiger partial charge in [-0.25, -0.2) is 8.78 Å². The van der Waals surface area contributed by atoms with Gasteiger partial charge in [0.25, 0.3) is 11.8 Å². The zero-order chi connectivity index (χ0) is 11.6. The van der Waals surface area contributed by atoms with E-state index in [4.69, 9.17) is 4.74 Å². The van der Waals surface area contributed by atoms with E-state index in [2.05, 4.69) is 4.98 Å². The molecule has 5 heteroatoms. The molecule has 1 heterocycles. The summed E-state index contributed by atoms with van der Waals surface area (Å²) in [7, 11) is 0. The maximum Gasteiger partial charge on any atom is 0.253 e. The minimum atomic E-state index is -1.36. The minimum absolute atomic E-state index is 0.124. The summed E-state index contributed by atoms with van der Waals surface area (Å²) in [6.45, 7) is 5.43. The molecule has 0 radical (unpaired) electrons. The highest BCUT2D eigenvalue weighted by Crippen LogP contribution is 2.19. The van der Waals surface area contributed by atoms with E-state index < -0.39 is 23.5 Å². The topological polar surface area (TPSA) is 22.1 Å². The van der Waals surface area contributed by atoms with Crippen LogP contribution in [0.15, 0.2) is 6.07 Å². The molecule has 0 N–H and O–H groups in total. The molecule has 0 saturated carbocycles. The zero-order valence-electron chi connectivity index (χ0n) is 8.72. The molecule has 0 fully saturated rings. The first-order valence-electron chi connectivity index (χ1n) is 4.60. The highest BCUT2D eigenvalue weighted by molar-refractivity contribution is 5.15. The number of hydrogen-bond donors (Lipinski definition) is 0. The second-order valence-electron chi connectivity index (χ2n) is 3.61. The van der Waals surface area contributed by atoms with Crippen molar-refractivity contribution in [1.29, 1.82) is 0 Å². The quantitative estimate of drug-likeness (QED) is 0.729. The van der Waals surface area contributed by atoms with Gasteiger partial charge in [-0.05, 0) is 12.8 Å². The molecule has 1 aromatic heterocycles. The van der Waals surface area contributed by atoms with E-state index in [0.717, 1.165) is 0 Å². The SMILES string of the molecule is CC(C)C(C)Oc1nc(F)c(F)cc1F. The fourth-order valence-electron chi connectivity index (χ4n) is 0.823. The number of rotatable bonds is 3. The Hall–Kier alpha value is -1.26. The molecule has 1 unspecified atom stereocenters. The third kappa shape index (κ3) is 2.84. The summed E-state index contributed by atoms with van der Waals surface area (Å²) in [5.74, 6) is -4.06. The lowest BCUT2D eigenvalue weighted by Crippen LogP contribution is -2.20. The van der Waals surface area contributed by atoms with Crippen LogP contribution in [0.5, 0.6) is 5.88 Å². The molecule has 0 spiro atoms. The van der Waals surface area contributed by atoms with Crippen LogP contribution in [0.3, 0.4) is 0 Å². The zero-order valence-corrected chi connectivity index (χ0v) is 8.72. The predicted octanol–water partition coefficient (Wildman–Crippen LogP) is 2.92. The number of pyridine rings is 1. The van der Waals surface area contributed by atoms with Crippen LogP contribution in [0.2, 0.25) is 0 Å². The standard InChI is InChI=1S/C10H12F3NO/c1-5(2)6(3)15-10-8(12)4-7(11)9(13)14-10/h4-6H,1-3H3. The minimum Gasteiger partial charge on any atom is -0.472 e. The summed E-state index contributed by atoms with van der Waals surface area (Å²) in [5.41, 5.74) is 0. The van der Waals surface area contributed by atoms with Gasteiger partial charge in [0, 0.05) is 6.07 Å². The van der Waals surface area contributed by atoms with Crippen LogP contribution in [0.25, 0.3) is 0 Å². The normalized spacial score (nSPS) is 13.0. The lowest BCUT2D eigenvalue weighted by atomic mass is 10.1. The molecule has 0 aliphatic heterocycles. The molecule has 1 atom stereocenters. The molecule has 0 aromatic carbocycles. The fourth-order valence-corrected chi connectivity index (χ4v) is 0.823. The Labute approximate surface area is 86.1 Å². The van der Waals surface area contributed by atoms with Crippen molar-refractivity contribution < 1.29 is 17.9 Å². The fraction of sp³-hybridized carbons (Fsp3) is 0.500. The van der Waals surface area contributed by atoms with Crippen LogP contribution >= 0.6 is 0 Å². The average Bonchev–Trinajstić information content (AvgIpc) is 2.13. The van der Waals surface area contributed by atoms with Gasteiger partial charge in [0.1, 0.15) is 6.10 Å². The second-order valence-corrected chi connectivity index (χ2v) is 3.61. The largest absolute Gasteiger partial charge is 0.472 e. The van der Waals surface area contributed by atoms with Gasteiger partial charge in [0.15, 0.2) is 11.6 Å².